The van der Waals surface area contributed by atoms with Crippen molar-refractivity contribution >= 4 is 40.2 Å². The van der Waals surface area contributed by atoms with Gasteiger partial charge in [-0.15, -0.1) is 11.6 Å². The molecule has 3 N–H and O–H groups in total. The number of anilines is 1. The van der Waals surface area contributed by atoms with Gasteiger partial charge >= 0.3 is 0 Å². The first-order chi connectivity index (χ1) is 22.4. The van der Waals surface area contributed by atoms with Crippen molar-refractivity contribution in [2.45, 2.75) is 31.7 Å². The highest BCUT2D eigenvalue weighted by atomic mass is 35.5. The van der Waals surface area contributed by atoms with Crippen LogP contribution in [0.4, 0.5) is 5.69 Å². The fourth-order valence-corrected chi connectivity index (χ4v) is 6.68. The normalized spacial score (nSPS) is 17.8. The van der Waals surface area contributed by atoms with E-state index in [-0.39, 0.29) is 29.2 Å². The summed E-state index contributed by atoms with van der Waals surface area (Å²) < 4.78 is 0. The number of carbonyl (C=O) groups excluding carboxylic acids is 2. The van der Waals surface area contributed by atoms with Gasteiger partial charge in [-0.05, 0) is 88.2 Å². The van der Waals surface area contributed by atoms with Crippen LogP contribution in [0.5, 0.6) is 11.5 Å². The zero-order valence-corrected chi connectivity index (χ0v) is 26.4. The zero-order chi connectivity index (χ0) is 32.0. The summed E-state index contributed by atoms with van der Waals surface area (Å²) in [4.78, 5) is 28.8. The fraction of sp³-hybridized carbons (Fsp3) is 0.263. The molecule has 236 valence electrons. The highest BCUT2D eigenvalue weighted by molar-refractivity contribution is 6.18. The number of nitrogens with zero attached hydrogens (tertiary/aromatic N) is 2. The lowest BCUT2D eigenvalue weighted by atomic mass is 9.88. The van der Waals surface area contributed by atoms with Crippen LogP contribution in [0, 0.1) is 0 Å². The summed E-state index contributed by atoms with van der Waals surface area (Å²) in [5.41, 5.74) is 8.45. The molecule has 8 heteroatoms. The van der Waals surface area contributed by atoms with Crippen molar-refractivity contribution in [2.75, 3.05) is 37.0 Å². The van der Waals surface area contributed by atoms with E-state index in [1.807, 2.05) is 36.4 Å². The van der Waals surface area contributed by atoms with E-state index < -0.39 is 0 Å². The van der Waals surface area contributed by atoms with Gasteiger partial charge in [-0.1, -0.05) is 60.7 Å². The Labute approximate surface area is 274 Å². The molecule has 0 bridgehead atoms. The van der Waals surface area contributed by atoms with Crippen LogP contribution in [-0.2, 0) is 16.1 Å². The molecule has 0 aromatic heterocycles. The monoisotopic (exact) mass is 635 g/mol. The Morgan fingerprint density at radius 1 is 0.783 bits per heavy atom. The number of carbonyl (C=O) groups is 2. The van der Waals surface area contributed by atoms with Gasteiger partial charge in [-0.2, -0.15) is 0 Å². The van der Waals surface area contributed by atoms with E-state index in [4.69, 9.17) is 11.6 Å². The highest BCUT2D eigenvalue weighted by Gasteiger charge is 2.28. The molecule has 4 aromatic rings. The molecule has 2 aliphatic heterocycles. The van der Waals surface area contributed by atoms with Crippen molar-refractivity contribution < 1.29 is 19.8 Å². The first-order valence-electron chi connectivity index (χ1n) is 15.8. The highest BCUT2D eigenvalue weighted by Crippen LogP contribution is 2.37. The first-order valence-corrected chi connectivity index (χ1v) is 16.3. The van der Waals surface area contributed by atoms with Gasteiger partial charge in [0, 0.05) is 50.7 Å². The van der Waals surface area contributed by atoms with Crippen LogP contribution in [-0.4, -0.2) is 59.0 Å². The average Bonchev–Trinajstić information content (AvgIpc) is 3.07. The Hall–Kier alpha value is -4.59. The zero-order valence-electron chi connectivity index (χ0n) is 25.7. The summed E-state index contributed by atoms with van der Waals surface area (Å²) in [5, 5.41) is 22.3. The maximum atomic E-state index is 12.4. The number of phenolic OH excluding ortho intramolecular Hbond substituents is 2. The number of hydrogen-bond donors (Lipinski definition) is 3. The molecule has 2 amide bonds. The van der Waals surface area contributed by atoms with E-state index in [2.05, 4.69) is 51.5 Å². The number of phenols is 2. The van der Waals surface area contributed by atoms with Crippen molar-refractivity contribution in [3.63, 3.8) is 0 Å². The number of amides is 2. The Bertz CT molecular complexity index is 1710. The van der Waals surface area contributed by atoms with Crippen molar-refractivity contribution in [3.8, 4) is 11.5 Å². The standard InChI is InChI=1S/C38H38ClN3O4/c39-19-18-34(27-6-12-32(43)13-7-27)37(29-8-14-33(44)15-9-29)28-4-10-31(11-5-28)42-22-20-41(21-23-42)25-26-2-1-3-30(24-26)35-16-17-36(45)40-38(35)46/h1-15,24,35,43-44H,16-23,25H2,(H,40,45,46). The van der Waals surface area contributed by atoms with E-state index >= 15 is 0 Å². The minimum Gasteiger partial charge on any atom is -0.508 e. The predicted octanol–water partition coefficient (Wildman–Crippen LogP) is 6.53. The van der Waals surface area contributed by atoms with Crippen molar-refractivity contribution in [2.24, 2.45) is 0 Å². The van der Waals surface area contributed by atoms with Crippen molar-refractivity contribution in [1.82, 2.24) is 10.2 Å². The molecule has 2 aliphatic rings. The molecule has 0 radical (unpaired) electrons. The fourth-order valence-electron chi connectivity index (χ4n) is 6.50. The smallest absolute Gasteiger partial charge is 0.234 e. The van der Waals surface area contributed by atoms with Crippen LogP contribution >= 0.6 is 11.6 Å². The molecule has 0 aliphatic carbocycles. The first kappa shape index (κ1) is 31.4. The largest absolute Gasteiger partial charge is 0.508 e. The Morgan fingerprint density at radius 3 is 2.00 bits per heavy atom. The summed E-state index contributed by atoms with van der Waals surface area (Å²) >= 11 is 6.30. The SMILES string of the molecule is O=C1CCC(c2cccc(CN3CCN(c4ccc(C(=C(CCCl)c5ccc(O)cc5)c5ccc(O)cc5)cc4)CC3)c2)C(=O)N1. The molecule has 0 saturated carbocycles. The van der Waals surface area contributed by atoms with E-state index in [9.17, 15) is 19.8 Å². The van der Waals surface area contributed by atoms with Gasteiger partial charge in [0.1, 0.15) is 11.5 Å². The number of piperazine rings is 1. The minimum absolute atomic E-state index is 0.190. The van der Waals surface area contributed by atoms with Gasteiger partial charge in [0.2, 0.25) is 11.8 Å². The van der Waals surface area contributed by atoms with Gasteiger partial charge in [-0.25, -0.2) is 0 Å². The van der Waals surface area contributed by atoms with E-state index in [0.717, 1.165) is 71.8 Å². The van der Waals surface area contributed by atoms with E-state index in [0.29, 0.717) is 25.1 Å². The molecule has 46 heavy (non-hydrogen) atoms. The summed E-state index contributed by atoms with van der Waals surface area (Å²) in [5.74, 6) is 0.211. The number of piperidine rings is 1. The van der Waals surface area contributed by atoms with E-state index in [1.54, 1.807) is 24.3 Å². The van der Waals surface area contributed by atoms with Crippen LogP contribution in [0.2, 0.25) is 0 Å². The molecule has 2 saturated heterocycles. The number of benzene rings is 4. The van der Waals surface area contributed by atoms with Crippen molar-refractivity contribution in [1.29, 1.82) is 0 Å². The van der Waals surface area contributed by atoms with Gasteiger partial charge in [-0.3, -0.25) is 19.8 Å². The van der Waals surface area contributed by atoms with Crippen LogP contribution in [0.25, 0.3) is 11.1 Å². The second-order valence-corrected chi connectivity index (χ2v) is 12.3. The van der Waals surface area contributed by atoms with E-state index in [1.165, 1.54) is 5.56 Å². The van der Waals surface area contributed by atoms with Gasteiger partial charge in [0.15, 0.2) is 0 Å². The van der Waals surface area contributed by atoms with Gasteiger partial charge < -0.3 is 15.1 Å². The Morgan fingerprint density at radius 2 is 1.39 bits per heavy atom. The molecule has 4 aromatic carbocycles. The summed E-state index contributed by atoms with van der Waals surface area (Å²) in [6.07, 6.45) is 1.58. The Balaban J connectivity index is 1.16. The summed E-state index contributed by atoms with van der Waals surface area (Å²) in [6.45, 7) is 4.46. The molecular formula is C38H38ClN3O4. The number of halogens is 1. The quantitative estimate of drug-likeness (QED) is 0.110. The summed E-state index contributed by atoms with van der Waals surface area (Å²) in [7, 11) is 0. The van der Waals surface area contributed by atoms with Crippen LogP contribution < -0.4 is 10.2 Å². The number of hydrogen-bond acceptors (Lipinski definition) is 6. The molecule has 1 atom stereocenters. The predicted molar refractivity (Wildman–Crippen MR) is 183 cm³/mol. The molecule has 2 heterocycles. The van der Waals surface area contributed by atoms with Crippen molar-refractivity contribution in [3.05, 3.63) is 125 Å². The number of allylic oxidation sites excluding steroid dienone is 1. The molecule has 0 spiro atoms. The lowest BCUT2D eigenvalue weighted by Gasteiger charge is -2.36. The minimum atomic E-state index is -0.269. The second-order valence-electron chi connectivity index (χ2n) is 11.9. The number of nitrogens with one attached hydrogen (secondary N) is 1. The molecule has 6 rings (SSSR count). The Kier molecular flexibility index (Phi) is 9.71. The van der Waals surface area contributed by atoms with Gasteiger partial charge in [0.25, 0.3) is 0 Å². The summed E-state index contributed by atoms with van der Waals surface area (Å²) in [6, 6.07) is 31.3. The maximum absolute atomic E-state index is 12.4. The second kappa shape index (κ2) is 14.2. The van der Waals surface area contributed by atoms with Gasteiger partial charge in [0.05, 0.1) is 5.92 Å². The van der Waals surface area contributed by atoms with Crippen LogP contribution in [0.1, 0.15) is 53.0 Å². The number of aromatic hydroxyl groups is 2. The topological polar surface area (TPSA) is 93.1 Å². The third kappa shape index (κ3) is 7.27. The molecule has 2 fully saturated rings. The third-order valence-electron chi connectivity index (χ3n) is 8.91. The lowest BCUT2D eigenvalue weighted by Crippen LogP contribution is -2.46. The van der Waals surface area contributed by atoms with Crippen LogP contribution in [0.3, 0.4) is 0 Å². The third-order valence-corrected chi connectivity index (χ3v) is 9.10. The molecule has 1 unspecified atom stereocenters. The lowest BCUT2D eigenvalue weighted by molar-refractivity contribution is -0.134. The average molecular weight is 636 g/mol. The number of rotatable bonds is 9. The molecule has 7 nitrogen and oxygen atoms in total. The number of alkyl halides is 1. The number of imide groups is 1. The van der Waals surface area contributed by atoms with Crippen LogP contribution in [0.15, 0.2) is 97.1 Å². The maximum Gasteiger partial charge on any atom is 0.234 e. The molecular weight excluding hydrogens is 598 g/mol.